The number of aromatic nitrogens is 3. The highest BCUT2D eigenvalue weighted by Gasteiger charge is 2.34. The number of hydrogen-bond acceptors (Lipinski definition) is 6. The lowest BCUT2D eigenvalue weighted by atomic mass is 9.94. The summed E-state index contributed by atoms with van der Waals surface area (Å²) in [6.07, 6.45) is 2.64. The van der Waals surface area contributed by atoms with Gasteiger partial charge in [-0.2, -0.15) is 5.10 Å². The molecule has 0 aliphatic rings. The van der Waals surface area contributed by atoms with E-state index in [9.17, 15) is 18.7 Å². The van der Waals surface area contributed by atoms with Crippen molar-refractivity contribution in [2.75, 3.05) is 13.2 Å². The standard InChI is InChI=1S/C20H19F2N3O4/c1-2-28-19(26)14-3-6-16(7-4-14)29-11-20(27,10-25-13-23-12-24-25)17-8-5-15(21)9-18(17)22/h3-9,12-13,27H,2,10-11H2,1H3. The minimum absolute atomic E-state index is 0.141. The minimum atomic E-state index is -1.86. The summed E-state index contributed by atoms with van der Waals surface area (Å²) in [5, 5.41) is 15.1. The van der Waals surface area contributed by atoms with Crippen molar-refractivity contribution in [1.82, 2.24) is 14.8 Å². The first kappa shape index (κ1) is 20.4. The van der Waals surface area contributed by atoms with Crippen LogP contribution in [0.4, 0.5) is 8.78 Å². The topological polar surface area (TPSA) is 86.5 Å². The van der Waals surface area contributed by atoms with E-state index in [1.807, 2.05) is 0 Å². The van der Waals surface area contributed by atoms with E-state index in [1.165, 1.54) is 41.6 Å². The molecule has 7 nitrogen and oxygen atoms in total. The van der Waals surface area contributed by atoms with Crippen molar-refractivity contribution in [3.63, 3.8) is 0 Å². The van der Waals surface area contributed by atoms with E-state index < -0.39 is 23.2 Å². The third kappa shape index (κ3) is 4.94. The van der Waals surface area contributed by atoms with Crippen molar-refractivity contribution < 1.29 is 28.2 Å². The molecule has 152 valence electrons. The molecular weight excluding hydrogens is 384 g/mol. The molecule has 0 aliphatic heterocycles. The Morgan fingerprint density at radius 2 is 1.97 bits per heavy atom. The average Bonchev–Trinajstić information content (AvgIpc) is 3.19. The van der Waals surface area contributed by atoms with Crippen molar-refractivity contribution >= 4 is 5.97 Å². The van der Waals surface area contributed by atoms with Gasteiger partial charge in [-0.05, 0) is 37.3 Å². The minimum Gasteiger partial charge on any atom is -0.490 e. The zero-order valence-corrected chi connectivity index (χ0v) is 15.6. The quantitative estimate of drug-likeness (QED) is 0.582. The van der Waals surface area contributed by atoms with Crippen molar-refractivity contribution in [3.8, 4) is 5.75 Å². The molecular formula is C20H19F2N3O4. The summed E-state index contributed by atoms with van der Waals surface area (Å²) < 4.78 is 39.5. The molecule has 0 fully saturated rings. The second-order valence-electron chi connectivity index (χ2n) is 6.28. The molecule has 0 bridgehead atoms. The number of benzene rings is 2. The number of ether oxygens (including phenoxy) is 2. The van der Waals surface area contributed by atoms with Crippen molar-refractivity contribution in [3.05, 3.63) is 77.9 Å². The van der Waals surface area contributed by atoms with E-state index in [2.05, 4.69) is 10.1 Å². The molecule has 0 aliphatic carbocycles. The highest BCUT2D eigenvalue weighted by atomic mass is 19.1. The molecule has 9 heteroatoms. The van der Waals surface area contributed by atoms with Crippen molar-refractivity contribution in [1.29, 1.82) is 0 Å². The Labute approximate surface area is 165 Å². The summed E-state index contributed by atoms with van der Waals surface area (Å²) in [5.41, 5.74) is -1.65. The maximum Gasteiger partial charge on any atom is 0.338 e. The second-order valence-corrected chi connectivity index (χ2v) is 6.28. The van der Waals surface area contributed by atoms with E-state index in [1.54, 1.807) is 6.92 Å². The maximum absolute atomic E-state index is 14.4. The van der Waals surface area contributed by atoms with Crippen molar-refractivity contribution in [2.24, 2.45) is 0 Å². The monoisotopic (exact) mass is 403 g/mol. The molecule has 1 aromatic heterocycles. The highest BCUT2D eigenvalue weighted by Crippen LogP contribution is 2.28. The summed E-state index contributed by atoms with van der Waals surface area (Å²) >= 11 is 0. The number of aliphatic hydroxyl groups is 1. The maximum atomic E-state index is 14.4. The lowest BCUT2D eigenvalue weighted by Crippen LogP contribution is -2.39. The molecule has 0 amide bonds. The summed E-state index contributed by atoms with van der Waals surface area (Å²) in [6, 6.07) is 9.00. The Hall–Kier alpha value is -3.33. The first-order valence-corrected chi connectivity index (χ1v) is 8.81. The van der Waals surface area contributed by atoms with Gasteiger partial charge in [0.2, 0.25) is 0 Å². The van der Waals surface area contributed by atoms with Crippen LogP contribution < -0.4 is 4.74 Å². The fraction of sp³-hybridized carbons (Fsp3) is 0.250. The fourth-order valence-electron chi connectivity index (χ4n) is 2.76. The number of rotatable bonds is 8. The van der Waals surface area contributed by atoms with Gasteiger partial charge in [0.15, 0.2) is 0 Å². The van der Waals surface area contributed by atoms with E-state index in [-0.39, 0.29) is 25.3 Å². The third-order valence-electron chi connectivity index (χ3n) is 4.17. The molecule has 0 spiro atoms. The first-order valence-electron chi connectivity index (χ1n) is 8.81. The van der Waals surface area contributed by atoms with Crippen molar-refractivity contribution in [2.45, 2.75) is 19.1 Å². The fourth-order valence-corrected chi connectivity index (χ4v) is 2.76. The number of carbonyl (C=O) groups is 1. The van der Waals surface area contributed by atoms with Gasteiger partial charge in [-0.25, -0.2) is 23.2 Å². The Kier molecular flexibility index (Phi) is 6.18. The molecule has 1 unspecified atom stereocenters. The van der Waals surface area contributed by atoms with Crippen LogP contribution in [0, 0.1) is 11.6 Å². The van der Waals surface area contributed by atoms with Gasteiger partial charge in [-0.3, -0.25) is 0 Å². The molecule has 29 heavy (non-hydrogen) atoms. The number of esters is 1. The molecule has 0 radical (unpaired) electrons. The van der Waals surface area contributed by atoms with E-state index in [0.29, 0.717) is 17.4 Å². The van der Waals surface area contributed by atoms with Gasteiger partial charge in [-0.15, -0.1) is 0 Å². The summed E-state index contributed by atoms with van der Waals surface area (Å²) in [5.74, 6) is -1.79. The van der Waals surface area contributed by atoms with Crippen LogP contribution in [0.2, 0.25) is 0 Å². The lowest BCUT2D eigenvalue weighted by molar-refractivity contribution is -0.0297. The zero-order valence-electron chi connectivity index (χ0n) is 15.6. The first-order chi connectivity index (χ1) is 13.9. The SMILES string of the molecule is CCOC(=O)c1ccc(OCC(O)(Cn2cncn2)c2ccc(F)cc2F)cc1. The van der Waals surface area contributed by atoms with Gasteiger partial charge in [0, 0.05) is 11.6 Å². The Balaban J connectivity index is 1.81. The van der Waals surface area contributed by atoms with Crippen LogP contribution in [0.3, 0.4) is 0 Å². The number of carbonyl (C=O) groups excluding carboxylic acids is 1. The van der Waals surface area contributed by atoms with Gasteiger partial charge in [0.1, 0.15) is 42.2 Å². The summed E-state index contributed by atoms with van der Waals surface area (Å²) in [7, 11) is 0. The van der Waals surface area contributed by atoms with Crippen LogP contribution in [0.25, 0.3) is 0 Å². The largest absolute Gasteiger partial charge is 0.490 e. The Morgan fingerprint density at radius 3 is 2.59 bits per heavy atom. The molecule has 0 saturated heterocycles. The second kappa shape index (κ2) is 8.78. The smallest absolute Gasteiger partial charge is 0.338 e. The molecule has 2 aromatic carbocycles. The molecule has 0 saturated carbocycles. The Morgan fingerprint density at radius 1 is 1.21 bits per heavy atom. The van der Waals surface area contributed by atoms with Crippen LogP contribution in [0.5, 0.6) is 5.75 Å². The lowest BCUT2D eigenvalue weighted by Gasteiger charge is -2.29. The van der Waals surface area contributed by atoms with Crippen LogP contribution >= 0.6 is 0 Å². The van der Waals surface area contributed by atoms with Gasteiger partial charge in [-0.1, -0.05) is 6.07 Å². The summed E-state index contributed by atoms with van der Waals surface area (Å²) in [6.45, 7) is 1.44. The van der Waals surface area contributed by atoms with E-state index >= 15 is 0 Å². The van der Waals surface area contributed by atoms with Gasteiger partial charge in [0.05, 0.1) is 18.7 Å². The van der Waals surface area contributed by atoms with Gasteiger partial charge >= 0.3 is 5.97 Å². The molecule has 1 N–H and O–H groups in total. The average molecular weight is 403 g/mol. The van der Waals surface area contributed by atoms with Crippen LogP contribution in [0.15, 0.2) is 55.1 Å². The molecule has 1 atom stereocenters. The highest BCUT2D eigenvalue weighted by molar-refractivity contribution is 5.89. The van der Waals surface area contributed by atoms with E-state index in [4.69, 9.17) is 9.47 Å². The molecule has 1 heterocycles. The van der Waals surface area contributed by atoms with E-state index in [0.717, 1.165) is 12.1 Å². The van der Waals surface area contributed by atoms with Crippen LogP contribution in [0.1, 0.15) is 22.8 Å². The van der Waals surface area contributed by atoms with Crippen LogP contribution in [-0.4, -0.2) is 39.1 Å². The predicted molar refractivity (Wildman–Crippen MR) is 98.2 cm³/mol. The summed E-state index contributed by atoms with van der Waals surface area (Å²) in [4.78, 5) is 15.5. The molecule has 3 aromatic rings. The number of hydrogen-bond donors (Lipinski definition) is 1. The number of nitrogens with zero attached hydrogens (tertiary/aromatic N) is 3. The number of halogens is 2. The zero-order chi connectivity index (χ0) is 20.9. The van der Waals surface area contributed by atoms with Crippen LogP contribution in [-0.2, 0) is 16.9 Å². The normalized spacial score (nSPS) is 13.0. The Bertz CT molecular complexity index is 964. The predicted octanol–water partition coefficient (Wildman–Crippen LogP) is 2.70. The third-order valence-corrected chi connectivity index (χ3v) is 4.17. The van der Waals surface area contributed by atoms with Gasteiger partial charge < -0.3 is 14.6 Å². The molecule has 3 rings (SSSR count). The van der Waals surface area contributed by atoms with Gasteiger partial charge in [0.25, 0.3) is 0 Å².